The Hall–Kier alpha value is -1.37. The second-order valence-corrected chi connectivity index (χ2v) is 4.37. The Balaban J connectivity index is 2.63. The van der Waals surface area contributed by atoms with Crippen molar-refractivity contribution in [1.29, 1.82) is 5.26 Å². The van der Waals surface area contributed by atoms with E-state index in [1.165, 1.54) is 19.3 Å². The molecule has 0 bridgehead atoms. The quantitative estimate of drug-likeness (QED) is 0.693. The summed E-state index contributed by atoms with van der Waals surface area (Å²) in [7, 11) is 0. The second kappa shape index (κ2) is 6.26. The SMILES string of the molecule is CCCCCCn1nnc(C(C)C)c1C#N. The van der Waals surface area contributed by atoms with Crippen LogP contribution in [0.4, 0.5) is 0 Å². The van der Waals surface area contributed by atoms with Gasteiger partial charge in [0.1, 0.15) is 11.8 Å². The Labute approximate surface area is 97.3 Å². The molecule has 0 saturated heterocycles. The van der Waals surface area contributed by atoms with Crippen molar-refractivity contribution in [2.45, 2.75) is 58.9 Å². The van der Waals surface area contributed by atoms with Crippen LogP contribution in [0.2, 0.25) is 0 Å². The summed E-state index contributed by atoms with van der Waals surface area (Å²) in [4.78, 5) is 0. The van der Waals surface area contributed by atoms with E-state index in [-0.39, 0.29) is 5.92 Å². The molecule has 0 N–H and O–H groups in total. The van der Waals surface area contributed by atoms with E-state index in [4.69, 9.17) is 5.26 Å². The lowest BCUT2D eigenvalue weighted by molar-refractivity contribution is 0.524. The first kappa shape index (κ1) is 12.7. The molecule has 1 aromatic rings. The monoisotopic (exact) mass is 220 g/mol. The molecule has 1 heterocycles. The van der Waals surface area contributed by atoms with Crippen LogP contribution in [0, 0.1) is 11.3 Å². The minimum absolute atomic E-state index is 0.263. The first-order valence-corrected chi connectivity index (χ1v) is 6.04. The summed E-state index contributed by atoms with van der Waals surface area (Å²) in [5.74, 6) is 0.263. The van der Waals surface area contributed by atoms with Gasteiger partial charge in [-0.1, -0.05) is 45.2 Å². The topological polar surface area (TPSA) is 54.5 Å². The average molecular weight is 220 g/mol. The Morgan fingerprint density at radius 2 is 2.06 bits per heavy atom. The zero-order valence-corrected chi connectivity index (χ0v) is 10.4. The largest absolute Gasteiger partial charge is 0.234 e. The van der Waals surface area contributed by atoms with E-state index in [0.29, 0.717) is 5.69 Å². The third-order valence-corrected chi connectivity index (χ3v) is 2.64. The number of hydrogen-bond donors (Lipinski definition) is 0. The van der Waals surface area contributed by atoms with E-state index in [1.54, 1.807) is 4.68 Å². The van der Waals surface area contributed by atoms with E-state index in [1.807, 2.05) is 13.8 Å². The van der Waals surface area contributed by atoms with E-state index < -0.39 is 0 Å². The molecule has 4 heteroatoms. The maximum Gasteiger partial charge on any atom is 0.162 e. The number of hydrogen-bond acceptors (Lipinski definition) is 3. The fourth-order valence-corrected chi connectivity index (χ4v) is 1.68. The van der Waals surface area contributed by atoms with E-state index >= 15 is 0 Å². The average Bonchev–Trinajstić information content (AvgIpc) is 2.67. The molecule has 0 unspecified atom stereocenters. The molecule has 0 aliphatic rings. The molecule has 0 radical (unpaired) electrons. The molecule has 0 saturated carbocycles. The molecule has 0 aliphatic heterocycles. The maximum atomic E-state index is 9.09. The van der Waals surface area contributed by atoms with Crippen LogP contribution in [0.1, 0.15) is 63.8 Å². The van der Waals surface area contributed by atoms with Gasteiger partial charge in [-0.2, -0.15) is 5.26 Å². The number of aryl methyl sites for hydroxylation is 1. The van der Waals surface area contributed by atoms with Gasteiger partial charge in [0.15, 0.2) is 5.69 Å². The van der Waals surface area contributed by atoms with Crippen LogP contribution in [0.15, 0.2) is 0 Å². The summed E-state index contributed by atoms with van der Waals surface area (Å²) < 4.78 is 1.74. The summed E-state index contributed by atoms with van der Waals surface area (Å²) in [6, 6.07) is 2.20. The molecule has 1 aromatic heterocycles. The standard InChI is InChI=1S/C12H20N4/c1-4-5-6-7-8-16-11(9-13)12(10(2)3)14-15-16/h10H,4-8H2,1-3H3. The van der Waals surface area contributed by atoms with Crippen LogP contribution in [-0.4, -0.2) is 15.0 Å². The molecule has 88 valence electrons. The lowest BCUT2D eigenvalue weighted by Gasteiger charge is -2.03. The van der Waals surface area contributed by atoms with Gasteiger partial charge in [-0.05, 0) is 6.42 Å². The van der Waals surface area contributed by atoms with Gasteiger partial charge in [0.25, 0.3) is 0 Å². The van der Waals surface area contributed by atoms with Crippen LogP contribution in [0.5, 0.6) is 0 Å². The van der Waals surface area contributed by atoms with Crippen molar-refractivity contribution in [3.8, 4) is 6.07 Å². The lowest BCUT2D eigenvalue weighted by atomic mass is 10.1. The number of rotatable bonds is 6. The van der Waals surface area contributed by atoms with Crippen molar-refractivity contribution in [3.05, 3.63) is 11.4 Å². The molecule has 0 atom stereocenters. The fraction of sp³-hybridized carbons (Fsp3) is 0.750. The van der Waals surface area contributed by atoms with Crippen LogP contribution in [-0.2, 0) is 6.54 Å². The molecule has 0 amide bonds. The first-order valence-electron chi connectivity index (χ1n) is 6.04. The Bertz CT molecular complexity index is 360. The van der Waals surface area contributed by atoms with Crippen molar-refractivity contribution >= 4 is 0 Å². The summed E-state index contributed by atoms with van der Waals surface area (Å²) >= 11 is 0. The van der Waals surface area contributed by atoms with Crippen LogP contribution in [0.3, 0.4) is 0 Å². The van der Waals surface area contributed by atoms with Crippen molar-refractivity contribution < 1.29 is 0 Å². The number of unbranched alkanes of at least 4 members (excludes halogenated alkanes) is 3. The van der Waals surface area contributed by atoms with E-state index in [9.17, 15) is 0 Å². The highest BCUT2D eigenvalue weighted by atomic mass is 15.4. The molecule has 0 spiro atoms. The second-order valence-electron chi connectivity index (χ2n) is 4.37. The number of aromatic nitrogens is 3. The first-order chi connectivity index (χ1) is 7.70. The minimum Gasteiger partial charge on any atom is -0.234 e. The highest BCUT2D eigenvalue weighted by Crippen LogP contribution is 2.16. The lowest BCUT2D eigenvalue weighted by Crippen LogP contribution is -2.04. The third kappa shape index (κ3) is 3.06. The summed E-state index contributed by atoms with van der Waals surface area (Å²) in [6.07, 6.45) is 4.73. The van der Waals surface area contributed by atoms with Gasteiger partial charge in [-0.25, -0.2) is 4.68 Å². The molecule has 4 nitrogen and oxygen atoms in total. The molecular formula is C12H20N4. The normalized spacial score (nSPS) is 10.7. The molecule has 0 aromatic carbocycles. The van der Waals surface area contributed by atoms with E-state index in [2.05, 4.69) is 23.3 Å². The van der Waals surface area contributed by atoms with E-state index in [0.717, 1.165) is 18.7 Å². The number of nitrogens with zero attached hydrogens (tertiary/aromatic N) is 4. The van der Waals surface area contributed by atoms with Crippen LogP contribution >= 0.6 is 0 Å². The predicted octanol–water partition coefficient (Wildman–Crippen LogP) is 2.85. The van der Waals surface area contributed by atoms with Crippen LogP contribution in [0.25, 0.3) is 0 Å². The van der Waals surface area contributed by atoms with Gasteiger partial charge in [-0.3, -0.25) is 0 Å². The van der Waals surface area contributed by atoms with Gasteiger partial charge < -0.3 is 0 Å². The van der Waals surface area contributed by atoms with Crippen molar-refractivity contribution in [1.82, 2.24) is 15.0 Å². The highest BCUT2D eigenvalue weighted by Gasteiger charge is 2.14. The Morgan fingerprint density at radius 3 is 2.62 bits per heavy atom. The molecule has 0 aliphatic carbocycles. The van der Waals surface area contributed by atoms with Gasteiger partial charge in [-0.15, -0.1) is 5.10 Å². The molecule has 0 fully saturated rings. The zero-order chi connectivity index (χ0) is 12.0. The van der Waals surface area contributed by atoms with Gasteiger partial charge in [0, 0.05) is 12.5 Å². The zero-order valence-electron chi connectivity index (χ0n) is 10.4. The van der Waals surface area contributed by atoms with Gasteiger partial charge >= 0.3 is 0 Å². The van der Waals surface area contributed by atoms with Crippen molar-refractivity contribution in [2.24, 2.45) is 0 Å². The van der Waals surface area contributed by atoms with Crippen LogP contribution < -0.4 is 0 Å². The van der Waals surface area contributed by atoms with Crippen molar-refractivity contribution in [2.75, 3.05) is 0 Å². The highest BCUT2D eigenvalue weighted by molar-refractivity contribution is 5.27. The molecule has 16 heavy (non-hydrogen) atoms. The predicted molar refractivity (Wildman–Crippen MR) is 63.0 cm³/mol. The minimum atomic E-state index is 0.263. The molecular weight excluding hydrogens is 200 g/mol. The maximum absolute atomic E-state index is 9.09. The van der Waals surface area contributed by atoms with Crippen molar-refractivity contribution in [3.63, 3.8) is 0 Å². The third-order valence-electron chi connectivity index (χ3n) is 2.64. The summed E-state index contributed by atoms with van der Waals surface area (Å²) in [5, 5.41) is 17.2. The Morgan fingerprint density at radius 1 is 1.31 bits per heavy atom. The number of nitriles is 1. The smallest absolute Gasteiger partial charge is 0.162 e. The summed E-state index contributed by atoms with van der Waals surface area (Å²) in [5.41, 5.74) is 1.45. The Kier molecular flexibility index (Phi) is 4.97. The van der Waals surface area contributed by atoms with Gasteiger partial charge in [0.2, 0.25) is 0 Å². The fourth-order valence-electron chi connectivity index (χ4n) is 1.68. The molecule has 1 rings (SSSR count). The van der Waals surface area contributed by atoms with Gasteiger partial charge in [0.05, 0.1) is 0 Å². The summed E-state index contributed by atoms with van der Waals surface area (Å²) in [6.45, 7) is 7.06.